The van der Waals surface area contributed by atoms with Gasteiger partial charge in [-0.3, -0.25) is 0 Å². The summed E-state index contributed by atoms with van der Waals surface area (Å²) in [6.45, 7) is 2.13. The van der Waals surface area contributed by atoms with Gasteiger partial charge in [0.1, 0.15) is 5.75 Å². The molecule has 0 aromatic heterocycles. The highest BCUT2D eigenvalue weighted by molar-refractivity contribution is 7.99. The van der Waals surface area contributed by atoms with E-state index in [0.29, 0.717) is 5.92 Å². The second kappa shape index (κ2) is 17.2. The summed E-state index contributed by atoms with van der Waals surface area (Å²) in [7, 11) is 5.13. The molecular formula is C27H42Cl2N2O3S. The third-order valence-corrected chi connectivity index (χ3v) is 7.57. The van der Waals surface area contributed by atoms with Crippen LogP contribution in [0.2, 0.25) is 0 Å². The van der Waals surface area contributed by atoms with Crippen LogP contribution in [-0.4, -0.2) is 46.2 Å². The van der Waals surface area contributed by atoms with Gasteiger partial charge in [0, 0.05) is 28.8 Å². The van der Waals surface area contributed by atoms with Gasteiger partial charge in [-0.05, 0) is 74.0 Å². The van der Waals surface area contributed by atoms with Gasteiger partial charge in [-0.25, -0.2) is 0 Å². The van der Waals surface area contributed by atoms with Crippen molar-refractivity contribution in [3.8, 4) is 17.2 Å². The van der Waals surface area contributed by atoms with E-state index in [1.54, 1.807) is 21.3 Å². The number of methoxy groups -OCH3 is 3. The molecule has 2 aromatic rings. The molecule has 0 aliphatic heterocycles. The average Bonchev–Trinajstić information content (AvgIpc) is 2.85. The fourth-order valence-electron chi connectivity index (χ4n) is 4.73. The van der Waals surface area contributed by atoms with Gasteiger partial charge < -0.3 is 25.3 Å². The van der Waals surface area contributed by atoms with Crippen LogP contribution in [0.1, 0.15) is 55.6 Å². The van der Waals surface area contributed by atoms with Gasteiger partial charge in [0.25, 0.3) is 0 Å². The zero-order valence-corrected chi connectivity index (χ0v) is 23.7. The Labute approximate surface area is 228 Å². The van der Waals surface area contributed by atoms with Gasteiger partial charge in [-0.2, -0.15) is 0 Å². The maximum absolute atomic E-state index is 6.53. The molecular weight excluding hydrogens is 503 g/mol. The Kier molecular flexibility index (Phi) is 15.6. The first-order valence-electron chi connectivity index (χ1n) is 12.1. The highest BCUT2D eigenvalue weighted by atomic mass is 35.5. The number of hydrogen-bond donors (Lipinski definition) is 2. The predicted molar refractivity (Wildman–Crippen MR) is 153 cm³/mol. The quantitative estimate of drug-likeness (QED) is 0.216. The topological polar surface area (TPSA) is 65.7 Å². The summed E-state index contributed by atoms with van der Waals surface area (Å²) >= 11 is 1.88. The van der Waals surface area contributed by atoms with Gasteiger partial charge in [-0.15, -0.1) is 36.6 Å². The second-order valence-corrected chi connectivity index (χ2v) is 9.82. The maximum atomic E-state index is 6.53. The largest absolute Gasteiger partial charge is 0.497 e. The van der Waals surface area contributed by atoms with Gasteiger partial charge in [-0.1, -0.05) is 25.3 Å². The van der Waals surface area contributed by atoms with E-state index < -0.39 is 0 Å². The molecule has 2 unspecified atom stereocenters. The fraction of sp³-hybridized carbons (Fsp3) is 0.556. The lowest BCUT2D eigenvalue weighted by atomic mass is 9.76. The number of rotatable bonds is 14. The number of nitrogens with one attached hydrogen (secondary N) is 1. The van der Waals surface area contributed by atoms with Crippen molar-refractivity contribution in [3.05, 3.63) is 47.5 Å². The smallest absolute Gasteiger partial charge is 0.164 e. The SMILES string of the molecule is COc1ccc(SCCNCCCCCCC2c3ccc(OC)c(OC)c3CCC2N)cc1.Cl.Cl. The molecule has 5 nitrogen and oxygen atoms in total. The molecule has 0 bridgehead atoms. The molecule has 0 spiro atoms. The van der Waals surface area contributed by atoms with Gasteiger partial charge >= 0.3 is 0 Å². The summed E-state index contributed by atoms with van der Waals surface area (Å²) in [5.74, 6) is 4.12. The Morgan fingerprint density at radius 1 is 0.886 bits per heavy atom. The van der Waals surface area contributed by atoms with Crippen LogP contribution in [0.5, 0.6) is 17.2 Å². The second-order valence-electron chi connectivity index (χ2n) is 8.65. The summed E-state index contributed by atoms with van der Waals surface area (Å²) in [5.41, 5.74) is 9.19. The van der Waals surface area contributed by atoms with E-state index in [-0.39, 0.29) is 30.9 Å². The molecule has 1 aliphatic rings. The molecule has 2 atom stereocenters. The van der Waals surface area contributed by atoms with Crippen molar-refractivity contribution < 1.29 is 14.2 Å². The van der Waals surface area contributed by atoms with E-state index in [9.17, 15) is 0 Å². The van der Waals surface area contributed by atoms with Crippen molar-refractivity contribution >= 4 is 36.6 Å². The normalized spacial score (nSPS) is 16.5. The molecule has 3 N–H and O–H groups in total. The molecule has 0 amide bonds. The molecule has 2 aromatic carbocycles. The maximum Gasteiger partial charge on any atom is 0.164 e. The van der Waals surface area contributed by atoms with Crippen molar-refractivity contribution in [2.45, 2.75) is 61.8 Å². The number of unbranched alkanes of at least 4 members (excludes halogenated alkanes) is 3. The van der Waals surface area contributed by atoms with Crippen LogP contribution in [-0.2, 0) is 6.42 Å². The standard InChI is InChI=1S/C27H40N2O3S.2ClH/c1-30-20-9-11-21(12-10-20)33-19-18-29-17-7-5-4-6-8-23-22-14-16-26(31-2)27(32-3)24(22)13-15-25(23)28;;/h9-12,14,16,23,25,29H,4-8,13,15,17-19,28H2,1-3H3;2*1H. The van der Waals surface area contributed by atoms with Crippen molar-refractivity contribution in [1.82, 2.24) is 5.32 Å². The summed E-state index contributed by atoms with van der Waals surface area (Å²) in [5, 5.41) is 3.57. The van der Waals surface area contributed by atoms with Crippen molar-refractivity contribution in [2.24, 2.45) is 5.73 Å². The van der Waals surface area contributed by atoms with E-state index in [1.807, 2.05) is 30.0 Å². The van der Waals surface area contributed by atoms with Crippen LogP contribution in [0, 0.1) is 0 Å². The highest BCUT2D eigenvalue weighted by Crippen LogP contribution is 2.43. The minimum Gasteiger partial charge on any atom is -0.497 e. The first-order chi connectivity index (χ1) is 16.2. The molecule has 1 aliphatic carbocycles. The molecule has 8 heteroatoms. The monoisotopic (exact) mass is 544 g/mol. The minimum atomic E-state index is 0. The van der Waals surface area contributed by atoms with E-state index in [2.05, 4.69) is 23.5 Å². The Balaban J connectivity index is 0.00000306. The number of hydrogen-bond acceptors (Lipinski definition) is 6. The summed E-state index contributed by atoms with van der Waals surface area (Å²) in [6, 6.07) is 12.7. The van der Waals surface area contributed by atoms with Gasteiger partial charge in [0.2, 0.25) is 0 Å². The molecule has 35 heavy (non-hydrogen) atoms. The third kappa shape index (κ3) is 9.25. The van der Waals surface area contributed by atoms with Gasteiger partial charge in [0.05, 0.1) is 21.3 Å². The van der Waals surface area contributed by atoms with Crippen LogP contribution in [0.25, 0.3) is 0 Å². The van der Waals surface area contributed by atoms with Crippen LogP contribution in [0.4, 0.5) is 0 Å². The number of fused-ring (bicyclic) bond motifs is 1. The lowest BCUT2D eigenvalue weighted by Gasteiger charge is -2.32. The predicted octanol–water partition coefficient (Wildman–Crippen LogP) is 6.25. The first-order valence-corrected chi connectivity index (χ1v) is 13.1. The van der Waals surface area contributed by atoms with E-state index in [0.717, 1.165) is 55.4 Å². The molecule has 3 rings (SSSR count). The molecule has 0 radical (unpaired) electrons. The number of ether oxygens (including phenoxy) is 3. The zero-order chi connectivity index (χ0) is 23.5. The fourth-order valence-corrected chi connectivity index (χ4v) is 5.54. The summed E-state index contributed by atoms with van der Waals surface area (Å²) < 4.78 is 16.4. The van der Waals surface area contributed by atoms with E-state index in [1.165, 1.54) is 41.7 Å². The summed E-state index contributed by atoms with van der Waals surface area (Å²) in [6.07, 6.45) is 8.10. The Morgan fingerprint density at radius 2 is 1.63 bits per heavy atom. The molecule has 0 saturated carbocycles. The number of halogens is 2. The zero-order valence-electron chi connectivity index (χ0n) is 21.2. The Bertz CT molecular complexity index is 855. The van der Waals surface area contributed by atoms with Gasteiger partial charge in [0.15, 0.2) is 11.5 Å². The molecule has 198 valence electrons. The molecule has 0 fully saturated rings. The Morgan fingerprint density at radius 3 is 2.31 bits per heavy atom. The molecule has 0 heterocycles. The number of benzene rings is 2. The third-order valence-electron chi connectivity index (χ3n) is 6.55. The van der Waals surface area contributed by atoms with Crippen molar-refractivity contribution in [1.29, 1.82) is 0 Å². The van der Waals surface area contributed by atoms with Crippen LogP contribution in [0.3, 0.4) is 0 Å². The van der Waals surface area contributed by atoms with Crippen LogP contribution < -0.4 is 25.3 Å². The summed E-state index contributed by atoms with van der Waals surface area (Å²) in [4.78, 5) is 1.29. The van der Waals surface area contributed by atoms with E-state index in [4.69, 9.17) is 19.9 Å². The van der Waals surface area contributed by atoms with Crippen LogP contribution >= 0.6 is 36.6 Å². The van der Waals surface area contributed by atoms with E-state index >= 15 is 0 Å². The number of thioether (sulfide) groups is 1. The van der Waals surface area contributed by atoms with Crippen molar-refractivity contribution in [3.63, 3.8) is 0 Å². The van der Waals surface area contributed by atoms with Crippen LogP contribution in [0.15, 0.2) is 41.3 Å². The number of nitrogens with two attached hydrogens (primary N) is 1. The average molecular weight is 546 g/mol. The highest BCUT2D eigenvalue weighted by Gasteiger charge is 2.29. The molecule has 0 saturated heterocycles. The lowest BCUT2D eigenvalue weighted by Crippen LogP contribution is -2.33. The first kappa shape index (κ1) is 31.7. The van der Waals surface area contributed by atoms with Crippen molar-refractivity contribution in [2.75, 3.05) is 40.2 Å². The minimum absolute atomic E-state index is 0. The lowest BCUT2D eigenvalue weighted by molar-refractivity contribution is 0.343. The Hall–Kier alpha value is -1.31.